The summed E-state index contributed by atoms with van der Waals surface area (Å²) in [6.07, 6.45) is 0.617. The first-order chi connectivity index (χ1) is 12.7. The predicted octanol–water partition coefficient (Wildman–Crippen LogP) is 3.00. The average molecular weight is 355 g/mol. The molecular formula is C19H18FN3O3. The third kappa shape index (κ3) is 4.89. The summed E-state index contributed by atoms with van der Waals surface area (Å²) < 4.78 is 24.3. The quantitative estimate of drug-likeness (QED) is 0.672. The highest BCUT2D eigenvalue weighted by molar-refractivity contribution is 5.75. The van der Waals surface area contributed by atoms with Gasteiger partial charge in [-0.3, -0.25) is 4.79 Å². The monoisotopic (exact) mass is 355 g/mol. The maximum atomic E-state index is 13.7. The zero-order valence-corrected chi connectivity index (χ0v) is 14.0. The summed E-state index contributed by atoms with van der Waals surface area (Å²) in [5.74, 6) is 0.720. The van der Waals surface area contributed by atoms with Crippen LogP contribution in [0.15, 0.2) is 59.1 Å². The molecule has 2 aromatic carbocycles. The second kappa shape index (κ2) is 8.75. The molecule has 0 saturated carbocycles. The molecule has 0 aliphatic rings. The number of nitrogens with one attached hydrogen (secondary N) is 1. The summed E-state index contributed by atoms with van der Waals surface area (Å²) in [6, 6.07) is 15.5. The van der Waals surface area contributed by atoms with Crippen molar-refractivity contribution in [2.75, 3.05) is 13.2 Å². The number of para-hydroxylation sites is 1. The summed E-state index contributed by atoms with van der Waals surface area (Å²) in [4.78, 5) is 15.9. The molecule has 0 aliphatic carbocycles. The summed E-state index contributed by atoms with van der Waals surface area (Å²) in [5.41, 5.74) is 0.282. The van der Waals surface area contributed by atoms with Crippen molar-refractivity contribution in [2.45, 2.75) is 12.8 Å². The van der Waals surface area contributed by atoms with Gasteiger partial charge in [0.25, 0.3) is 0 Å². The van der Waals surface area contributed by atoms with Crippen LogP contribution in [0.2, 0.25) is 0 Å². The van der Waals surface area contributed by atoms with Crippen molar-refractivity contribution in [2.24, 2.45) is 0 Å². The molecule has 0 unspecified atom stereocenters. The van der Waals surface area contributed by atoms with Crippen LogP contribution in [-0.2, 0) is 11.2 Å². The van der Waals surface area contributed by atoms with Crippen molar-refractivity contribution in [3.63, 3.8) is 0 Å². The zero-order valence-electron chi connectivity index (χ0n) is 14.0. The van der Waals surface area contributed by atoms with E-state index in [1.165, 1.54) is 6.07 Å². The van der Waals surface area contributed by atoms with E-state index < -0.39 is 5.82 Å². The van der Waals surface area contributed by atoms with Crippen molar-refractivity contribution in [1.82, 2.24) is 15.5 Å². The molecule has 1 aromatic heterocycles. The minimum Gasteiger partial charge on any atom is -0.493 e. The molecule has 0 atom stereocenters. The number of amides is 1. The van der Waals surface area contributed by atoms with E-state index in [4.69, 9.17) is 9.26 Å². The Bertz CT molecular complexity index is 852. The lowest BCUT2D eigenvalue weighted by atomic mass is 10.2. The molecular weight excluding hydrogens is 337 g/mol. The van der Waals surface area contributed by atoms with Crippen molar-refractivity contribution in [3.8, 4) is 17.1 Å². The van der Waals surface area contributed by atoms with Crippen molar-refractivity contribution >= 4 is 5.91 Å². The summed E-state index contributed by atoms with van der Waals surface area (Å²) >= 11 is 0. The Morgan fingerprint density at radius 1 is 1.12 bits per heavy atom. The van der Waals surface area contributed by atoms with Crippen LogP contribution in [0.5, 0.6) is 5.75 Å². The summed E-state index contributed by atoms with van der Waals surface area (Å²) in [6.45, 7) is 0.650. The molecule has 134 valence electrons. The van der Waals surface area contributed by atoms with E-state index >= 15 is 0 Å². The van der Waals surface area contributed by atoms with Gasteiger partial charge in [0.2, 0.25) is 17.6 Å². The Labute approximate surface area is 150 Å². The second-order valence-electron chi connectivity index (χ2n) is 5.50. The first-order valence-electron chi connectivity index (χ1n) is 8.24. The third-order valence-electron chi connectivity index (χ3n) is 3.58. The number of carbonyl (C=O) groups excluding carboxylic acids is 1. The SMILES string of the molecule is O=C(CCOc1ccccc1)NCCc1nc(-c2ccccc2F)no1. The molecule has 26 heavy (non-hydrogen) atoms. The Morgan fingerprint density at radius 2 is 1.88 bits per heavy atom. The second-order valence-corrected chi connectivity index (χ2v) is 5.50. The first kappa shape index (κ1) is 17.6. The summed E-state index contributed by atoms with van der Waals surface area (Å²) in [7, 11) is 0. The normalized spacial score (nSPS) is 10.5. The maximum absolute atomic E-state index is 13.7. The highest BCUT2D eigenvalue weighted by Gasteiger charge is 2.12. The van der Waals surface area contributed by atoms with Crippen molar-refractivity contribution in [1.29, 1.82) is 0 Å². The number of aromatic nitrogens is 2. The van der Waals surface area contributed by atoms with Gasteiger partial charge in [0.15, 0.2) is 0 Å². The lowest BCUT2D eigenvalue weighted by Crippen LogP contribution is -2.27. The van der Waals surface area contributed by atoms with Gasteiger partial charge < -0.3 is 14.6 Å². The molecule has 0 aliphatic heterocycles. The lowest BCUT2D eigenvalue weighted by Gasteiger charge is -2.06. The fourth-order valence-electron chi connectivity index (χ4n) is 2.28. The van der Waals surface area contributed by atoms with E-state index in [2.05, 4.69) is 15.5 Å². The van der Waals surface area contributed by atoms with Gasteiger partial charge in [-0.25, -0.2) is 4.39 Å². The Kier molecular flexibility index (Phi) is 5.92. The van der Waals surface area contributed by atoms with Crippen LogP contribution in [-0.4, -0.2) is 29.2 Å². The van der Waals surface area contributed by atoms with Crippen LogP contribution >= 0.6 is 0 Å². The Balaban J connectivity index is 1.40. The summed E-state index contributed by atoms with van der Waals surface area (Å²) in [5, 5.41) is 6.53. The molecule has 1 amide bonds. The zero-order chi connectivity index (χ0) is 18.2. The van der Waals surface area contributed by atoms with Gasteiger partial charge in [0.05, 0.1) is 18.6 Å². The third-order valence-corrected chi connectivity index (χ3v) is 3.58. The Morgan fingerprint density at radius 3 is 2.69 bits per heavy atom. The van der Waals surface area contributed by atoms with Gasteiger partial charge in [-0.15, -0.1) is 0 Å². The van der Waals surface area contributed by atoms with E-state index in [9.17, 15) is 9.18 Å². The molecule has 3 aromatic rings. The standard InChI is InChI=1S/C19H18FN3O3/c20-16-9-5-4-8-15(16)19-22-18(26-23-19)10-12-21-17(24)11-13-25-14-6-2-1-3-7-14/h1-9H,10-13H2,(H,21,24). The van der Waals surface area contributed by atoms with E-state index in [-0.39, 0.29) is 23.7 Å². The smallest absolute Gasteiger partial charge is 0.228 e. The molecule has 0 saturated heterocycles. The molecule has 0 fully saturated rings. The number of rotatable bonds is 8. The number of halogens is 1. The molecule has 6 nitrogen and oxygen atoms in total. The van der Waals surface area contributed by atoms with Gasteiger partial charge in [-0.1, -0.05) is 35.5 Å². The Hall–Kier alpha value is -3.22. The van der Waals surface area contributed by atoms with Crippen LogP contribution in [0.4, 0.5) is 4.39 Å². The number of hydrogen-bond acceptors (Lipinski definition) is 5. The van der Waals surface area contributed by atoms with Gasteiger partial charge in [-0.05, 0) is 24.3 Å². The minimum absolute atomic E-state index is 0.130. The number of hydrogen-bond donors (Lipinski definition) is 1. The molecule has 7 heteroatoms. The van der Waals surface area contributed by atoms with E-state index in [1.807, 2.05) is 30.3 Å². The molecule has 0 bridgehead atoms. The van der Waals surface area contributed by atoms with Crippen LogP contribution in [0.3, 0.4) is 0 Å². The van der Waals surface area contributed by atoms with Crippen LogP contribution < -0.4 is 10.1 Å². The molecule has 0 radical (unpaired) electrons. The molecule has 0 spiro atoms. The molecule has 1 heterocycles. The fraction of sp³-hybridized carbons (Fsp3) is 0.211. The van der Waals surface area contributed by atoms with Gasteiger partial charge in [-0.2, -0.15) is 4.98 Å². The van der Waals surface area contributed by atoms with Gasteiger partial charge in [0.1, 0.15) is 11.6 Å². The minimum atomic E-state index is -0.411. The maximum Gasteiger partial charge on any atom is 0.228 e. The van der Waals surface area contributed by atoms with E-state index in [1.54, 1.807) is 18.2 Å². The van der Waals surface area contributed by atoms with Crippen LogP contribution in [0.25, 0.3) is 11.4 Å². The average Bonchev–Trinajstić information content (AvgIpc) is 3.12. The number of nitrogens with zero attached hydrogens (tertiary/aromatic N) is 2. The number of carbonyl (C=O) groups is 1. The van der Waals surface area contributed by atoms with Crippen molar-refractivity contribution < 1.29 is 18.4 Å². The topological polar surface area (TPSA) is 77.2 Å². The van der Waals surface area contributed by atoms with E-state index in [0.717, 1.165) is 5.75 Å². The lowest BCUT2D eigenvalue weighted by molar-refractivity contribution is -0.121. The number of benzene rings is 2. The predicted molar refractivity (Wildman–Crippen MR) is 93.0 cm³/mol. The van der Waals surface area contributed by atoms with Gasteiger partial charge >= 0.3 is 0 Å². The highest BCUT2D eigenvalue weighted by atomic mass is 19.1. The first-order valence-corrected chi connectivity index (χ1v) is 8.24. The fourth-order valence-corrected chi connectivity index (χ4v) is 2.28. The van der Waals surface area contributed by atoms with Crippen molar-refractivity contribution in [3.05, 3.63) is 66.3 Å². The van der Waals surface area contributed by atoms with Crippen LogP contribution in [0.1, 0.15) is 12.3 Å². The van der Waals surface area contributed by atoms with E-state index in [0.29, 0.717) is 25.5 Å². The molecule has 1 N–H and O–H groups in total. The highest BCUT2D eigenvalue weighted by Crippen LogP contribution is 2.19. The molecule has 3 rings (SSSR count). The number of ether oxygens (including phenoxy) is 1. The largest absolute Gasteiger partial charge is 0.493 e. The van der Waals surface area contributed by atoms with Crippen LogP contribution in [0, 0.1) is 5.82 Å². The van der Waals surface area contributed by atoms with Gasteiger partial charge in [0, 0.05) is 13.0 Å².